The summed E-state index contributed by atoms with van der Waals surface area (Å²) >= 11 is 0. The molecule has 1 amide bonds. The van der Waals surface area contributed by atoms with Gasteiger partial charge in [0.05, 0.1) is 12.7 Å². The van der Waals surface area contributed by atoms with Crippen LogP contribution in [0, 0.1) is 5.92 Å². The molecule has 4 nitrogen and oxygen atoms in total. The zero-order valence-electron chi connectivity index (χ0n) is 11.0. The number of nitrogens with two attached hydrogens (primary N) is 1. The predicted molar refractivity (Wildman–Crippen MR) is 66.2 cm³/mol. The Kier molecular flexibility index (Phi) is 8.21. The van der Waals surface area contributed by atoms with Crippen LogP contribution in [-0.4, -0.2) is 43.7 Å². The summed E-state index contributed by atoms with van der Waals surface area (Å²) in [5, 5.41) is 0. The third-order valence-electron chi connectivity index (χ3n) is 2.68. The molecular weight excluding hydrogens is 204 g/mol. The van der Waals surface area contributed by atoms with E-state index in [0.717, 1.165) is 6.42 Å². The van der Waals surface area contributed by atoms with Gasteiger partial charge >= 0.3 is 0 Å². The van der Waals surface area contributed by atoms with Gasteiger partial charge in [0, 0.05) is 20.0 Å². The van der Waals surface area contributed by atoms with Crippen LogP contribution >= 0.6 is 0 Å². The van der Waals surface area contributed by atoms with Crippen molar-refractivity contribution in [1.29, 1.82) is 0 Å². The SMILES string of the molecule is CCC(CN)CC(=O)N(C)CCOC(C)C. The minimum absolute atomic E-state index is 0.157. The van der Waals surface area contributed by atoms with E-state index in [9.17, 15) is 4.79 Å². The molecule has 0 rings (SSSR count). The molecule has 0 fully saturated rings. The highest BCUT2D eigenvalue weighted by atomic mass is 16.5. The molecule has 0 aliphatic carbocycles. The Labute approximate surface area is 99.1 Å². The average Bonchev–Trinajstić information content (AvgIpc) is 2.24. The number of carbonyl (C=O) groups excluding carboxylic acids is 1. The molecule has 4 heteroatoms. The van der Waals surface area contributed by atoms with Crippen LogP contribution in [0.3, 0.4) is 0 Å². The van der Waals surface area contributed by atoms with E-state index < -0.39 is 0 Å². The second kappa shape index (κ2) is 8.53. The second-order valence-corrected chi connectivity index (χ2v) is 4.45. The molecule has 0 saturated carbocycles. The molecule has 0 aromatic carbocycles. The van der Waals surface area contributed by atoms with E-state index in [1.54, 1.807) is 4.90 Å². The number of amides is 1. The average molecular weight is 230 g/mol. The fourth-order valence-electron chi connectivity index (χ4n) is 1.35. The number of rotatable bonds is 8. The van der Waals surface area contributed by atoms with Crippen LogP contribution in [-0.2, 0) is 9.53 Å². The molecule has 96 valence electrons. The molecule has 1 atom stereocenters. The molecule has 1 unspecified atom stereocenters. The van der Waals surface area contributed by atoms with Crippen LogP contribution in [0.4, 0.5) is 0 Å². The maximum absolute atomic E-state index is 11.8. The van der Waals surface area contributed by atoms with Gasteiger partial charge < -0.3 is 15.4 Å². The smallest absolute Gasteiger partial charge is 0.222 e. The van der Waals surface area contributed by atoms with Crippen molar-refractivity contribution < 1.29 is 9.53 Å². The summed E-state index contributed by atoms with van der Waals surface area (Å²) in [7, 11) is 1.81. The van der Waals surface area contributed by atoms with Gasteiger partial charge in [0.15, 0.2) is 0 Å². The first kappa shape index (κ1) is 15.4. The van der Waals surface area contributed by atoms with Gasteiger partial charge in [0.25, 0.3) is 0 Å². The lowest BCUT2D eigenvalue weighted by Crippen LogP contribution is -2.33. The van der Waals surface area contributed by atoms with E-state index >= 15 is 0 Å². The first-order chi connectivity index (χ1) is 7.51. The lowest BCUT2D eigenvalue weighted by molar-refractivity contribution is -0.131. The highest BCUT2D eigenvalue weighted by Gasteiger charge is 2.14. The van der Waals surface area contributed by atoms with Gasteiger partial charge in [-0.15, -0.1) is 0 Å². The first-order valence-corrected chi connectivity index (χ1v) is 6.06. The number of likely N-dealkylation sites (N-methyl/N-ethyl adjacent to an activating group) is 1. The van der Waals surface area contributed by atoms with Gasteiger partial charge in [-0.2, -0.15) is 0 Å². The van der Waals surface area contributed by atoms with Gasteiger partial charge in [0.2, 0.25) is 5.91 Å². The van der Waals surface area contributed by atoms with Gasteiger partial charge in [0.1, 0.15) is 0 Å². The lowest BCUT2D eigenvalue weighted by atomic mass is 10.0. The van der Waals surface area contributed by atoms with Crippen molar-refractivity contribution in [2.45, 2.75) is 39.7 Å². The molecule has 0 spiro atoms. The number of nitrogens with zero attached hydrogens (tertiary/aromatic N) is 1. The molecule has 0 aliphatic heterocycles. The van der Waals surface area contributed by atoms with E-state index in [4.69, 9.17) is 10.5 Å². The minimum Gasteiger partial charge on any atom is -0.377 e. The van der Waals surface area contributed by atoms with Gasteiger partial charge in [-0.05, 0) is 26.3 Å². The number of hydrogen-bond acceptors (Lipinski definition) is 3. The molecule has 16 heavy (non-hydrogen) atoms. The minimum atomic E-state index is 0.157. The second-order valence-electron chi connectivity index (χ2n) is 4.45. The topological polar surface area (TPSA) is 55.6 Å². The molecule has 0 aromatic rings. The van der Waals surface area contributed by atoms with Crippen LogP contribution in [0.1, 0.15) is 33.6 Å². The van der Waals surface area contributed by atoms with Crippen LogP contribution < -0.4 is 5.73 Å². The maximum atomic E-state index is 11.8. The van der Waals surface area contributed by atoms with E-state index in [1.165, 1.54) is 0 Å². The van der Waals surface area contributed by atoms with Crippen molar-refractivity contribution in [3.8, 4) is 0 Å². The summed E-state index contributed by atoms with van der Waals surface area (Å²) in [6.07, 6.45) is 1.72. The number of ether oxygens (including phenoxy) is 1. The maximum Gasteiger partial charge on any atom is 0.222 e. The monoisotopic (exact) mass is 230 g/mol. The molecule has 0 saturated heterocycles. The molecule has 2 N–H and O–H groups in total. The molecule has 0 bridgehead atoms. The zero-order valence-corrected chi connectivity index (χ0v) is 11.0. The Hall–Kier alpha value is -0.610. The fraction of sp³-hybridized carbons (Fsp3) is 0.917. The van der Waals surface area contributed by atoms with Crippen molar-refractivity contribution in [3.63, 3.8) is 0 Å². The fourth-order valence-corrected chi connectivity index (χ4v) is 1.35. The van der Waals surface area contributed by atoms with Gasteiger partial charge in [-0.1, -0.05) is 13.3 Å². The van der Waals surface area contributed by atoms with E-state index in [2.05, 4.69) is 6.92 Å². The highest BCUT2D eigenvalue weighted by Crippen LogP contribution is 2.07. The Balaban J connectivity index is 3.80. The molecule has 0 aromatic heterocycles. The molecule has 0 heterocycles. The Morgan fingerprint density at radius 1 is 1.44 bits per heavy atom. The lowest BCUT2D eigenvalue weighted by Gasteiger charge is -2.20. The first-order valence-electron chi connectivity index (χ1n) is 6.06. The third kappa shape index (κ3) is 6.80. The van der Waals surface area contributed by atoms with Crippen LogP contribution in [0.25, 0.3) is 0 Å². The zero-order chi connectivity index (χ0) is 12.6. The normalized spacial score (nSPS) is 12.9. The molecule has 0 radical (unpaired) electrons. The Morgan fingerprint density at radius 2 is 2.06 bits per heavy atom. The van der Waals surface area contributed by atoms with Crippen molar-refractivity contribution in [3.05, 3.63) is 0 Å². The number of carbonyl (C=O) groups is 1. The summed E-state index contributed by atoms with van der Waals surface area (Å²) in [5.41, 5.74) is 5.58. The standard InChI is InChI=1S/C12H26N2O2/c1-5-11(9-13)8-12(15)14(4)6-7-16-10(2)3/h10-11H,5-9,13H2,1-4H3. The molecule has 0 aliphatic rings. The van der Waals surface area contributed by atoms with Crippen LogP contribution in [0.15, 0.2) is 0 Å². The van der Waals surface area contributed by atoms with Crippen LogP contribution in [0.2, 0.25) is 0 Å². The van der Waals surface area contributed by atoms with Crippen molar-refractivity contribution in [2.24, 2.45) is 11.7 Å². The quantitative estimate of drug-likeness (QED) is 0.682. The van der Waals surface area contributed by atoms with Crippen molar-refractivity contribution in [1.82, 2.24) is 4.90 Å². The predicted octanol–water partition coefficient (Wildman–Crippen LogP) is 1.24. The van der Waals surface area contributed by atoms with Gasteiger partial charge in [-0.3, -0.25) is 4.79 Å². The van der Waals surface area contributed by atoms with E-state index in [1.807, 2.05) is 20.9 Å². The number of hydrogen-bond donors (Lipinski definition) is 1. The van der Waals surface area contributed by atoms with Gasteiger partial charge in [-0.25, -0.2) is 0 Å². The highest BCUT2D eigenvalue weighted by molar-refractivity contribution is 5.76. The third-order valence-corrected chi connectivity index (χ3v) is 2.68. The summed E-state index contributed by atoms with van der Waals surface area (Å²) in [6.45, 7) is 7.87. The summed E-state index contributed by atoms with van der Waals surface area (Å²) in [6, 6.07) is 0. The Morgan fingerprint density at radius 3 is 2.50 bits per heavy atom. The summed E-state index contributed by atoms with van der Waals surface area (Å²) in [4.78, 5) is 13.5. The van der Waals surface area contributed by atoms with Crippen LogP contribution in [0.5, 0.6) is 0 Å². The summed E-state index contributed by atoms with van der Waals surface area (Å²) < 4.78 is 5.40. The largest absolute Gasteiger partial charge is 0.377 e. The molecular formula is C12H26N2O2. The van der Waals surface area contributed by atoms with E-state index in [0.29, 0.717) is 32.0 Å². The van der Waals surface area contributed by atoms with Crippen molar-refractivity contribution >= 4 is 5.91 Å². The Bertz CT molecular complexity index is 191. The van der Waals surface area contributed by atoms with Crippen molar-refractivity contribution in [2.75, 3.05) is 26.7 Å². The summed E-state index contributed by atoms with van der Waals surface area (Å²) in [5.74, 6) is 0.464. The van der Waals surface area contributed by atoms with E-state index in [-0.39, 0.29) is 12.0 Å².